The quantitative estimate of drug-likeness (QED) is 0.194. The summed E-state index contributed by atoms with van der Waals surface area (Å²) in [4.78, 5) is 12.1. The van der Waals surface area contributed by atoms with Gasteiger partial charge in [0.1, 0.15) is 13.0 Å². The molecule has 5 aliphatic carbocycles. The number of aliphatic hydroxyl groups is 3. The summed E-state index contributed by atoms with van der Waals surface area (Å²) < 4.78 is 25.0. The van der Waals surface area contributed by atoms with Crippen LogP contribution in [0.25, 0.3) is 0 Å². The Morgan fingerprint density at radius 2 is 1.77 bits per heavy atom. The maximum Gasteiger partial charge on any atom is 0.302 e. The van der Waals surface area contributed by atoms with Crippen LogP contribution in [0.1, 0.15) is 96.8 Å². The second-order valence-electron chi connectivity index (χ2n) is 17.2. The molecular formula is C37H63N2O8+. The minimum Gasteiger partial charge on any atom is -0.465 e. The Bertz CT molecular complexity index is 1070. The second-order valence-corrected chi connectivity index (χ2v) is 17.2. The van der Waals surface area contributed by atoms with Gasteiger partial charge in [0.05, 0.1) is 49.8 Å². The molecule has 0 bridgehead atoms. The van der Waals surface area contributed by atoms with Crippen molar-refractivity contribution in [3.63, 3.8) is 0 Å². The van der Waals surface area contributed by atoms with Crippen molar-refractivity contribution in [2.75, 3.05) is 27.1 Å². The summed E-state index contributed by atoms with van der Waals surface area (Å²) >= 11 is 0. The zero-order chi connectivity index (χ0) is 32.9. The Morgan fingerprint density at radius 1 is 0.936 bits per heavy atom. The number of hydrogen-bond donors (Lipinski definition) is 5. The van der Waals surface area contributed by atoms with Crippen molar-refractivity contribution in [2.24, 2.45) is 64.4 Å². The molecule has 2 saturated heterocycles. The highest BCUT2D eigenvalue weighted by Gasteiger charge is 2.65. The van der Waals surface area contributed by atoms with Crippen molar-refractivity contribution in [1.29, 1.82) is 0 Å². The minimum atomic E-state index is -0.451. The lowest BCUT2D eigenvalue weighted by Gasteiger charge is -2.61. The largest absolute Gasteiger partial charge is 0.465 e. The highest BCUT2D eigenvalue weighted by molar-refractivity contribution is 5.65. The van der Waals surface area contributed by atoms with E-state index in [1.54, 1.807) is 7.11 Å². The maximum absolute atomic E-state index is 12.1. The summed E-state index contributed by atoms with van der Waals surface area (Å²) in [5, 5.41) is 33.9. The van der Waals surface area contributed by atoms with E-state index in [0.717, 1.165) is 57.4 Å². The first kappa shape index (κ1) is 34.6. The molecule has 5 saturated carbocycles. The molecule has 0 radical (unpaired) electrons. The lowest BCUT2D eigenvalue weighted by Crippen LogP contribution is -2.95. The first-order valence-electron chi connectivity index (χ1n) is 19.2. The van der Waals surface area contributed by atoms with Crippen molar-refractivity contribution in [3.05, 3.63) is 0 Å². The van der Waals surface area contributed by atoms with E-state index in [2.05, 4.69) is 5.32 Å². The van der Waals surface area contributed by atoms with Gasteiger partial charge in [-0.3, -0.25) is 10.5 Å². The third kappa shape index (κ3) is 6.80. The number of aliphatic hydroxyl groups excluding tert-OH is 3. The van der Waals surface area contributed by atoms with E-state index in [0.29, 0.717) is 55.0 Å². The van der Waals surface area contributed by atoms with E-state index in [9.17, 15) is 20.1 Å². The van der Waals surface area contributed by atoms with E-state index >= 15 is 0 Å². The van der Waals surface area contributed by atoms with Crippen LogP contribution >= 0.6 is 0 Å². The molecule has 17 unspecified atom stereocenters. The first-order valence-corrected chi connectivity index (χ1v) is 19.2. The highest BCUT2D eigenvalue weighted by Crippen LogP contribution is 2.68. The standard InChI is InChI=1S/C37H62N2O8/c1-20(41)45-18-28-26-5-6-27-33-24(12-25(42)14-31(33)46-19-40)16-37(10-9-21(15-37)11-22-3-8-32(38)39-17-22)34(27)36(26)47-35(28)23-4-7-29(43)30(13-23)44-2/h21-36,39-40,42-43H,3-19,38H2,1-2H3/p+1. The number of nitrogens with two attached hydrogens (primary N) is 2. The van der Waals surface area contributed by atoms with Gasteiger partial charge in [0.25, 0.3) is 0 Å². The van der Waals surface area contributed by atoms with Gasteiger partial charge in [0.2, 0.25) is 0 Å². The van der Waals surface area contributed by atoms with Gasteiger partial charge in [-0.2, -0.15) is 0 Å². The Labute approximate surface area is 281 Å². The lowest BCUT2D eigenvalue weighted by molar-refractivity contribution is -0.703. The summed E-state index contributed by atoms with van der Waals surface area (Å²) in [6.45, 7) is 2.72. The number of carbonyl (C=O) groups excluding carboxylic acids is 1. The minimum absolute atomic E-state index is 0.0279. The molecule has 1 spiro atoms. The molecule has 268 valence electrons. The van der Waals surface area contributed by atoms with Crippen molar-refractivity contribution < 1.29 is 44.4 Å². The number of piperidine rings is 1. The maximum atomic E-state index is 12.1. The Balaban J connectivity index is 1.20. The van der Waals surface area contributed by atoms with Crippen LogP contribution in [0.15, 0.2) is 0 Å². The zero-order valence-electron chi connectivity index (χ0n) is 28.8. The third-order valence-corrected chi connectivity index (χ3v) is 14.7. The van der Waals surface area contributed by atoms with Gasteiger partial charge in [0, 0.05) is 32.3 Å². The van der Waals surface area contributed by atoms with E-state index in [-0.39, 0.29) is 66.7 Å². The number of quaternary nitrogens is 1. The van der Waals surface area contributed by atoms with Crippen molar-refractivity contribution in [2.45, 2.75) is 140 Å². The predicted octanol–water partition coefficient (Wildman–Crippen LogP) is 2.31. The Morgan fingerprint density at radius 3 is 2.51 bits per heavy atom. The van der Waals surface area contributed by atoms with Gasteiger partial charge in [-0.05, 0) is 130 Å². The number of fused-ring (bicyclic) bond motifs is 6. The summed E-state index contributed by atoms with van der Waals surface area (Å²) in [7, 11) is 1.69. The summed E-state index contributed by atoms with van der Waals surface area (Å²) in [6.07, 6.45) is 13.5. The molecule has 0 aromatic heterocycles. The number of ether oxygens (including phenoxy) is 4. The molecule has 0 aromatic rings. The van der Waals surface area contributed by atoms with Crippen molar-refractivity contribution in [3.8, 4) is 0 Å². The van der Waals surface area contributed by atoms with Crippen molar-refractivity contribution >= 4 is 5.97 Å². The van der Waals surface area contributed by atoms with Crippen LogP contribution < -0.4 is 11.1 Å². The predicted molar refractivity (Wildman–Crippen MR) is 173 cm³/mol. The van der Waals surface area contributed by atoms with Gasteiger partial charge < -0.3 is 39.6 Å². The monoisotopic (exact) mass is 663 g/mol. The van der Waals surface area contributed by atoms with E-state index in [1.165, 1.54) is 39.0 Å². The fourth-order valence-corrected chi connectivity index (χ4v) is 13.0. The summed E-state index contributed by atoms with van der Waals surface area (Å²) in [5.41, 5.74) is 6.38. The molecule has 2 aliphatic heterocycles. The van der Waals surface area contributed by atoms with Crippen LogP contribution in [-0.2, 0) is 23.7 Å². The molecule has 7 fully saturated rings. The molecule has 0 amide bonds. The molecule has 47 heavy (non-hydrogen) atoms. The lowest BCUT2D eigenvalue weighted by atomic mass is 9.45. The zero-order valence-corrected chi connectivity index (χ0v) is 28.8. The molecule has 10 nitrogen and oxygen atoms in total. The van der Waals surface area contributed by atoms with Gasteiger partial charge in [-0.25, -0.2) is 0 Å². The van der Waals surface area contributed by atoms with E-state index < -0.39 is 6.10 Å². The van der Waals surface area contributed by atoms with Crippen molar-refractivity contribution in [1.82, 2.24) is 0 Å². The average Bonchev–Trinajstić information content (AvgIpc) is 3.62. The fraction of sp³-hybridized carbons (Fsp3) is 0.973. The first-order chi connectivity index (χ1) is 22.7. The SMILES string of the molecule is COC1CC(C2OC3C(CCC4C5C(CC(O)CC5OCO)CC5(CCC(CC6CCC(N)[NH2+]C6)C5)C43)C2COC(C)=O)CCC1O. The normalized spacial score (nSPS) is 51.3. The number of esters is 1. The number of rotatable bonds is 8. The van der Waals surface area contributed by atoms with Crippen LogP contribution in [0.4, 0.5) is 0 Å². The van der Waals surface area contributed by atoms with E-state index in [1.807, 2.05) is 0 Å². The Kier molecular flexibility index (Phi) is 10.6. The molecule has 7 rings (SSSR count). The third-order valence-electron chi connectivity index (χ3n) is 14.7. The smallest absolute Gasteiger partial charge is 0.302 e. The molecule has 2 heterocycles. The van der Waals surface area contributed by atoms with Gasteiger partial charge >= 0.3 is 5.97 Å². The molecule has 0 aromatic carbocycles. The molecule has 17 atom stereocenters. The van der Waals surface area contributed by atoms with Crippen LogP contribution in [-0.4, -0.2) is 91.1 Å². The topological polar surface area (TPSA) is 157 Å². The van der Waals surface area contributed by atoms with E-state index in [4.69, 9.17) is 24.7 Å². The number of methoxy groups -OCH3 is 1. The fourth-order valence-electron chi connectivity index (χ4n) is 13.0. The molecule has 7 N–H and O–H groups in total. The average molecular weight is 664 g/mol. The number of carbonyl (C=O) groups is 1. The Hall–Kier alpha value is -0.850. The highest BCUT2D eigenvalue weighted by atomic mass is 16.6. The molecular weight excluding hydrogens is 600 g/mol. The van der Waals surface area contributed by atoms with Gasteiger partial charge in [0.15, 0.2) is 0 Å². The van der Waals surface area contributed by atoms with Gasteiger partial charge in [-0.1, -0.05) is 0 Å². The van der Waals surface area contributed by atoms with Crippen LogP contribution in [0.2, 0.25) is 0 Å². The summed E-state index contributed by atoms with van der Waals surface area (Å²) in [6, 6.07) is 0. The summed E-state index contributed by atoms with van der Waals surface area (Å²) in [5.74, 6) is 3.41. The van der Waals surface area contributed by atoms with Gasteiger partial charge in [-0.15, -0.1) is 0 Å². The molecule has 7 aliphatic rings. The van der Waals surface area contributed by atoms with Crippen LogP contribution in [0, 0.1) is 58.7 Å². The second kappa shape index (κ2) is 14.4. The van der Waals surface area contributed by atoms with Crippen LogP contribution in [0.3, 0.4) is 0 Å². The number of hydrogen-bond acceptors (Lipinski definition) is 9. The van der Waals surface area contributed by atoms with Crippen LogP contribution in [0.5, 0.6) is 0 Å². The molecule has 10 heteroatoms.